The van der Waals surface area contributed by atoms with E-state index < -0.39 is 35.5 Å². The molecule has 1 heterocycles. The van der Waals surface area contributed by atoms with Crippen molar-refractivity contribution in [2.45, 2.75) is 17.6 Å². The molecule has 0 radical (unpaired) electrons. The molecule has 1 unspecified atom stereocenters. The smallest absolute Gasteiger partial charge is 0.348 e. The van der Waals surface area contributed by atoms with Gasteiger partial charge in [-0.25, -0.2) is 9.59 Å². The molecular formula is C12H10O8. The number of carbonyl (C=O) groups is 3. The second-order valence-corrected chi connectivity index (χ2v) is 4.31. The zero-order valence-electron chi connectivity index (χ0n) is 9.89. The summed E-state index contributed by atoms with van der Waals surface area (Å²) in [6, 6.07) is 4.77. The van der Waals surface area contributed by atoms with Crippen LogP contribution in [0.1, 0.15) is 11.5 Å². The Balaban J connectivity index is 2.55. The molecule has 106 valence electrons. The lowest BCUT2D eigenvalue weighted by Gasteiger charge is -2.24. The lowest BCUT2D eigenvalue weighted by atomic mass is 9.80. The zero-order chi connectivity index (χ0) is 15.1. The van der Waals surface area contributed by atoms with Crippen LogP contribution in [0.5, 0.6) is 5.75 Å². The van der Waals surface area contributed by atoms with Gasteiger partial charge in [0.05, 0.1) is 0 Å². The number of hydrogen-bond acceptors (Lipinski definition) is 6. The fourth-order valence-electron chi connectivity index (χ4n) is 2.14. The monoisotopic (exact) mass is 282 g/mol. The van der Waals surface area contributed by atoms with Crippen LogP contribution in [0.3, 0.4) is 0 Å². The van der Waals surface area contributed by atoms with Gasteiger partial charge >= 0.3 is 17.9 Å². The van der Waals surface area contributed by atoms with E-state index in [1.807, 2.05) is 0 Å². The summed E-state index contributed by atoms with van der Waals surface area (Å²) >= 11 is 0. The Hall–Kier alpha value is -2.61. The minimum atomic E-state index is -2.92. The highest BCUT2D eigenvalue weighted by molar-refractivity contribution is 6.00. The molecule has 0 saturated carbocycles. The van der Waals surface area contributed by atoms with Gasteiger partial charge in [-0.15, -0.1) is 0 Å². The number of cyclic esters (lactones) is 1. The topological polar surface area (TPSA) is 141 Å². The Kier molecular flexibility index (Phi) is 3.10. The van der Waals surface area contributed by atoms with Crippen LogP contribution >= 0.6 is 0 Å². The van der Waals surface area contributed by atoms with Gasteiger partial charge in [0.25, 0.3) is 0 Å². The third kappa shape index (κ3) is 1.86. The highest BCUT2D eigenvalue weighted by Crippen LogP contribution is 2.40. The van der Waals surface area contributed by atoms with Crippen molar-refractivity contribution >= 4 is 17.9 Å². The molecule has 8 nitrogen and oxygen atoms in total. The van der Waals surface area contributed by atoms with E-state index in [1.54, 1.807) is 0 Å². The average Bonchev–Trinajstić information content (AvgIpc) is 2.64. The second-order valence-electron chi connectivity index (χ2n) is 4.31. The van der Waals surface area contributed by atoms with Crippen molar-refractivity contribution in [3.05, 3.63) is 29.8 Å². The van der Waals surface area contributed by atoms with E-state index in [0.29, 0.717) is 0 Å². The van der Waals surface area contributed by atoms with Gasteiger partial charge in [0.15, 0.2) is 0 Å². The summed E-state index contributed by atoms with van der Waals surface area (Å²) < 4.78 is 4.47. The van der Waals surface area contributed by atoms with Crippen molar-refractivity contribution in [3.63, 3.8) is 0 Å². The molecule has 0 aliphatic carbocycles. The van der Waals surface area contributed by atoms with Crippen LogP contribution in [-0.2, 0) is 19.1 Å². The van der Waals surface area contributed by atoms with Gasteiger partial charge < -0.3 is 25.2 Å². The molecule has 0 spiro atoms. The summed E-state index contributed by atoms with van der Waals surface area (Å²) in [6.07, 6.45) is -2.20. The summed E-state index contributed by atoms with van der Waals surface area (Å²) in [5, 5.41) is 37.3. The van der Waals surface area contributed by atoms with Crippen molar-refractivity contribution < 1.29 is 39.5 Å². The third-order valence-electron chi connectivity index (χ3n) is 3.10. The van der Waals surface area contributed by atoms with Crippen molar-refractivity contribution in [2.75, 3.05) is 0 Å². The summed E-state index contributed by atoms with van der Waals surface area (Å²) in [4.78, 5) is 33.9. The number of rotatable bonds is 3. The van der Waals surface area contributed by atoms with Gasteiger partial charge in [-0.1, -0.05) is 12.1 Å². The predicted molar refractivity (Wildman–Crippen MR) is 60.9 cm³/mol. The Morgan fingerprint density at radius 1 is 1.15 bits per heavy atom. The highest BCUT2D eigenvalue weighted by atomic mass is 16.6. The molecule has 1 aliphatic heterocycles. The summed E-state index contributed by atoms with van der Waals surface area (Å²) in [7, 11) is 0. The first-order valence-electron chi connectivity index (χ1n) is 5.46. The molecule has 1 aromatic rings. The molecule has 1 aromatic carbocycles. The summed E-state index contributed by atoms with van der Waals surface area (Å²) in [5.41, 5.74) is -2.89. The zero-order valence-corrected chi connectivity index (χ0v) is 9.89. The second kappa shape index (κ2) is 4.49. The van der Waals surface area contributed by atoms with Crippen molar-refractivity contribution in [1.82, 2.24) is 0 Å². The van der Waals surface area contributed by atoms with E-state index in [4.69, 9.17) is 15.3 Å². The standard InChI is InChI=1S/C12H10O8/c13-6-3-1-5(2-4-6)7-10(16)20-8(9(14)15)12(7,19)11(17)18/h1-4,7-8,13,19H,(H,14,15)(H,17,18)/t7?,8-,12-/m1/s1. The molecular weight excluding hydrogens is 272 g/mol. The SMILES string of the molecule is O=C1O[C@H](C(=O)O)[C@@](O)(C(=O)O)C1c1ccc(O)cc1. The van der Waals surface area contributed by atoms with Gasteiger partial charge in [-0.05, 0) is 17.7 Å². The number of carboxylic acids is 2. The molecule has 0 bridgehead atoms. The average molecular weight is 282 g/mol. The first kappa shape index (κ1) is 13.8. The molecule has 4 N–H and O–H groups in total. The minimum absolute atomic E-state index is 0.0291. The van der Waals surface area contributed by atoms with Gasteiger partial charge in [0.1, 0.15) is 11.7 Å². The largest absolute Gasteiger partial charge is 0.508 e. The number of aromatic hydroxyl groups is 1. The number of carbonyl (C=O) groups excluding carboxylic acids is 1. The number of hydrogen-bond donors (Lipinski definition) is 4. The van der Waals surface area contributed by atoms with Crippen molar-refractivity contribution in [2.24, 2.45) is 0 Å². The van der Waals surface area contributed by atoms with E-state index >= 15 is 0 Å². The molecule has 0 amide bonds. The Morgan fingerprint density at radius 2 is 1.70 bits per heavy atom. The summed E-state index contributed by atoms with van der Waals surface area (Å²) in [5.74, 6) is -6.62. The van der Waals surface area contributed by atoms with Gasteiger partial charge in [0, 0.05) is 0 Å². The van der Waals surface area contributed by atoms with Crippen LogP contribution in [-0.4, -0.2) is 50.0 Å². The predicted octanol–water partition coefficient (Wildman–Crippen LogP) is -0.699. The number of aliphatic carboxylic acids is 2. The maximum Gasteiger partial charge on any atom is 0.348 e. The maximum absolute atomic E-state index is 11.7. The number of esters is 1. The Labute approximate surface area is 111 Å². The Morgan fingerprint density at radius 3 is 2.15 bits per heavy atom. The fraction of sp³-hybridized carbons (Fsp3) is 0.250. The van der Waals surface area contributed by atoms with Crippen molar-refractivity contribution in [1.29, 1.82) is 0 Å². The van der Waals surface area contributed by atoms with Crippen LogP contribution in [0.25, 0.3) is 0 Å². The maximum atomic E-state index is 11.7. The van der Waals surface area contributed by atoms with E-state index in [-0.39, 0.29) is 11.3 Å². The minimum Gasteiger partial charge on any atom is -0.508 e. The first-order valence-corrected chi connectivity index (χ1v) is 5.46. The van der Waals surface area contributed by atoms with Crippen LogP contribution in [0.4, 0.5) is 0 Å². The van der Waals surface area contributed by atoms with E-state index in [0.717, 1.165) is 0 Å². The van der Waals surface area contributed by atoms with E-state index in [1.165, 1.54) is 24.3 Å². The van der Waals surface area contributed by atoms with Gasteiger partial charge in [0.2, 0.25) is 11.7 Å². The lowest BCUT2D eigenvalue weighted by Crippen LogP contribution is -2.53. The molecule has 2 rings (SSSR count). The third-order valence-corrected chi connectivity index (χ3v) is 3.10. The Bertz CT molecular complexity index is 578. The van der Waals surface area contributed by atoms with Crippen LogP contribution < -0.4 is 0 Å². The number of phenols is 1. The van der Waals surface area contributed by atoms with E-state index in [9.17, 15) is 19.5 Å². The quantitative estimate of drug-likeness (QED) is 0.533. The van der Waals surface area contributed by atoms with Crippen LogP contribution in [0.15, 0.2) is 24.3 Å². The number of benzene rings is 1. The van der Waals surface area contributed by atoms with Crippen LogP contribution in [0, 0.1) is 0 Å². The molecule has 1 saturated heterocycles. The number of phenolic OH excluding ortho intramolecular Hbond substituents is 1. The van der Waals surface area contributed by atoms with Gasteiger partial charge in [-0.2, -0.15) is 0 Å². The lowest BCUT2D eigenvalue weighted by molar-refractivity contribution is -0.177. The molecule has 20 heavy (non-hydrogen) atoms. The van der Waals surface area contributed by atoms with Crippen molar-refractivity contribution in [3.8, 4) is 5.75 Å². The molecule has 1 aliphatic rings. The first-order chi connectivity index (χ1) is 9.28. The fourth-order valence-corrected chi connectivity index (χ4v) is 2.14. The van der Waals surface area contributed by atoms with Crippen LogP contribution in [0.2, 0.25) is 0 Å². The van der Waals surface area contributed by atoms with E-state index in [2.05, 4.69) is 4.74 Å². The number of carboxylic acid groups (broad SMARTS) is 2. The molecule has 0 aromatic heterocycles. The van der Waals surface area contributed by atoms with Gasteiger partial charge in [-0.3, -0.25) is 4.79 Å². The number of ether oxygens (including phenoxy) is 1. The summed E-state index contributed by atoms with van der Waals surface area (Å²) in [6.45, 7) is 0. The molecule has 1 fully saturated rings. The molecule has 3 atom stereocenters. The number of aliphatic hydroxyl groups is 1. The molecule has 8 heteroatoms. The normalized spacial score (nSPS) is 28.9. The highest BCUT2D eigenvalue weighted by Gasteiger charge is 2.65.